The summed E-state index contributed by atoms with van der Waals surface area (Å²) in [6.07, 6.45) is 16.8. The summed E-state index contributed by atoms with van der Waals surface area (Å²) in [5.74, 6) is 5.96. The second-order valence-corrected chi connectivity index (χ2v) is 16.7. The van der Waals surface area contributed by atoms with Gasteiger partial charge in [-0.15, -0.1) is 0 Å². The number of amides is 1. The molecule has 8 saturated carbocycles. The van der Waals surface area contributed by atoms with Crippen molar-refractivity contribution in [3.8, 4) is 11.4 Å². The molecule has 9 nitrogen and oxygen atoms in total. The molecule has 2 aromatic carbocycles. The van der Waals surface area contributed by atoms with E-state index in [4.69, 9.17) is 34.0 Å². The molecule has 4 aromatic rings. The molecule has 0 atom stereocenters. The summed E-state index contributed by atoms with van der Waals surface area (Å²) in [6.45, 7) is 0. The molecule has 1 amide bonds. The minimum atomic E-state index is -1.08. The lowest BCUT2D eigenvalue weighted by Crippen LogP contribution is -2.55. The van der Waals surface area contributed by atoms with Crippen molar-refractivity contribution < 1.29 is 14.7 Å². The SMILES string of the molecule is NC1C2CC3CC(C2)CC1C3.O=C(NC1C2CC3CC(C2)CC1C3)c1cnn(-c2ccccc2)c1Cl.O=C(O)c1cnn(-c2ccccc2)c1Cl. The molecule has 8 fully saturated rings. The molecular formula is C40H46Cl2N6O3. The Bertz CT molecular complexity index is 1800. The first-order valence-corrected chi connectivity index (χ1v) is 19.3. The van der Waals surface area contributed by atoms with Gasteiger partial charge in [0.15, 0.2) is 0 Å². The van der Waals surface area contributed by atoms with E-state index in [1.165, 1.54) is 68.7 Å². The third-order valence-corrected chi connectivity index (χ3v) is 13.4. The third-order valence-electron chi connectivity index (χ3n) is 12.7. The van der Waals surface area contributed by atoms with Gasteiger partial charge >= 0.3 is 5.97 Å². The number of nitrogens with two attached hydrogens (primary N) is 1. The Morgan fingerprint density at radius 3 is 1.43 bits per heavy atom. The Hall–Kier alpha value is -3.66. The van der Waals surface area contributed by atoms with E-state index in [2.05, 4.69) is 15.5 Å². The first kappa shape index (κ1) is 34.4. The lowest BCUT2D eigenvalue weighted by Gasteiger charge is -2.54. The number of carbonyl (C=O) groups excluding carboxylic acids is 1. The van der Waals surface area contributed by atoms with E-state index in [1.54, 1.807) is 29.4 Å². The van der Waals surface area contributed by atoms with Crippen molar-refractivity contribution in [2.45, 2.75) is 76.3 Å². The number of halogens is 2. The van der Waals surface area contributed by atoms with Crippen molar-refractivity contribution in [2.75, 3.05) is 0 Å². The zero-order valence-electron chi connectivity index (χ0n) is 28.7. The minimum Gasteiger partial charge on any atom is -0.478 e. The highest BCUT2D eigenvalue weighted by atomic mass is 35.5. The molecule has 268 valence electrons. The summed E-state index contributed by atoms with van der Waals surface area (Å²) in [6, 6.07) is 19.7. The fourth-order valence-electron chi connectivity index (χ4n) is 10.8. The predicted octanol–water partition coefficient (Wildman–Crippen LogP) is 8.07. The normalized spacial score (nSPS) is 32.1. The number of benzene rings is 2. The number of aromatic nitrogens is 4. The smallest absolute Gasteiger partial charge is 0.340 e. The van der Waals surface area contributed by atoms with Crippen molar-refractivity contribution in [3.63, 3.8) is 0 Å². The Labute approximate surface area is 308 Å². The quantitative estimate of drug-likeness (QED) is 0.191. The highest BCUT2D eigenvalue weighted by Gasteiger charge is 2.49. The van der Waals surface area contributed by atoms with E-state index in [1.807, 2.05) is 48.5 Å². The molecule has 0 unspecified atom stereocenters. The monoisotopic (exact) mass is 728 g/mol. The zero-order valence-corrected chi connectivity index (χ0v) is 30.2. The minimum absolute atomic E-state index is 0.000481. The average molecular weight is 730 g/mol. The van der Waals surface area contributed by atoms with E-state index in [0.29, 0.717) is 34.6 Å². The molecule has 0 saturated heterocycles. The van der Waals surface area contributed by atoms with E-state index in [9.17, 15) is 9.59 Å². The van der Waals surface area contributed by atoms with Crippen LogP contribution in [0.25, 0.3) is 11.4 Å². The van der Waals surface area contributed by atoms with E-state index >= 15 is 0 Å². The maximum absolute atomic E-state index is 12.9. The molecule has 0 aliphatic heterocycles. The molecule has 12 rings (SSSR count). The Balaban J connectivity index is 0.000000121. The van der Waals surface area contributed by atoms with E-state index in [0.717, 1.165) is 46.9 Å². The summed E-state index contributed by atoms with van der Waals surface area (Å²) < 4.78 is 3.00. The zero-order chi connectivity index (χ0) is 35.2. The number of hydrogen-bond acceptors (Lipinski definition) is 5. The Morgan fingerprint density at radius 2 is 1.02 bits per heavy atom. The predicted molar refractivity (Wildman–Crippen MR) is 197 cm³/mol. The second kappa shape index (κ2) is 14.4. The number of nitrogens with zero attached hydrogens (tertiary/aromatic N) is 4. The second-order valence-electron chi connectivity index (χ2n) is 15.9. The number of carbonyl (C=O) groups is 2. The van der Waals surface area contributed by atoms with Crippen LogP contribution in [-0.2, 0) is 0 Å². The van der Waals surface area contributed by atoms with Crippen LogP contribution in [0.4, 0.5) is 0 Å². The van der Waals surface area contributed by atoms with Crippen molar-refractivity contribution in [1.82, 2.24) is 24.9 Å². The average Bonchev–Trinajstić information content (AvgIpc) is 3.71. The van der Waals surface area contributed by atoms with Crippen LogP contribution in [0.2, 0.25) is 10.3 Å². The van der Waals surface area contributed by atoms with Crippen LogP contribution in [-0.4, -0.2) is 48.6 Å². The Kier molecular flexibility index (Phi) is 9.72. The summed E-state index contributed by atoms with van der Waals surface area (Å²) in [7, 11) is 0. The summed E-state index contributed by atoms with van der Waals surface area (Å²) in [4.78, 5) is 23.6. The number of carboxylic acids is 1. The van der Waals surface area contributed by atoms with Gasteiger partial charge in [-0.1, -0.05) is 59.6 Å². The number of rotatable bonds is 5. The van der Waals surface area contributed by atoms with Crippen molar-refractivity contribution >= 4 is 35.1 Å². The van der Waals surface area contributed by atoms with Crippen LogP contribution in [0.15, 0.2) is 73.1 Å². The van der Waals surface area contributed by atoms with Gasteiger partial charge in [0, 0.05) is 12.1 Å². The lowest BCUT2D eigenvalue weighted by molar-refractivity contribution is -0.0119. The molecule has 11 heteroatoms. The van der Waals surface area contributed by atoms with Crippen LogP contribution in [0, 0.1) is 47.3 Å². The highest BCUT2D eigenvalue weighted by Crippen LogP contribution is 2.54. The molecule has 8 aliphatic carbocycles. The Morgan fingerprint density at radius 1 is 0.627 bits per heavy atom. The number of carboxylic acid groups (broad SMARTS) is 1. The third kappa shape index (κ3) is 6.97. The number of aromatic carboxylic acids is 1. The highest BCUT2D eigenvalue weighted by molar-refractivity contribution is 6.33. The fourth-order valence-corrected chi connectivity index (χ4v) is 11.4. The maximum atomic E-state index is 12.9. The van der Waals surface area contributed by atoms with Gasteiger partial charge in [-0.3, -0.25) is 4.79 Å². The van der Waals surface area contributed by atoms with Gasteiger partial charge in [0.05, 0.1) is 29.3 Å². The molecule has 8 aliphatic rings. The van der Waals surface area contributed by atoms with Gasteiger partial charge in [0.1, 0.15) is 15.9 Å². The summed E-state index contributed by atoms with van der Waals surface area (Å²) in [5, 5.41) is 20.8. The van der Waals surface area contributed by atoms with E-state index < -0.39 is 5.97 Å². The molecule has 0 spiro atoms. The summed E-state index contributed by atoms with van der Waals surface area (Å²) in [5.41, 5.74) is 8.23. The molecule has 8 bridgehead atoms. The first-order valence-electron chi connectivity index (χ1n) is 18.6. The van der Waals surface area contributed by atoms with Gasteiger partial charge < -0.3 is 16.2 Å². The molecule has 51 heavy (non-hydrogen) atoms. The summed E-state index contributed by atoms with van der Waals surface area (Å²) >= 11 is 12.3. The van der Waals surface area contributed by atoms with Crippen LogP contribution in [0.5, 0.6) is 0 Å². The molecule has 4 N–H and O–H groups in total. The van der Waals surface area contributed by atoms with Gasteiger partial charge in [-0.05, 0) is 136 Å². The van der Waals surface area contributed by atoms with Crippen LogP contribution >= 0.6 is 23.2 Å². The van der Waals surface area contributed by atoms with Crippen LogP contribution < -0.4 is 11.1 Å². The number of nitrogens with one attached hydrogen (secondary N) is 1. The van der Waals surface area contributed by atoms with E-state index in [-0.39, 0.29) is 16.6 Å². The van der Waals surface area contributed by atoms with Crippen molar-refractivity contribution in [1.29, 1.82) is 0 Å². The number of hydrogen-bond donors (Lipinski definition) is 3. The molecule has 2 aromatic heterocycles. The van der Waals surface area contributed by atoms with Gasteiger partial charge in [-0.25, -0.2) is 14.2 Å². The molecular weight excluding hydrogens is 683 g/mol. The fraction of sp³-hybridized carbons (Fsp3) is 0.500. The van der Waals surface area contributed by atoms with Crippen molar-refractivity contribution in [2.24, 2.45) is 53.1 Å². The van der Waals surface area contributed by atoms with Gasteiger partial charge in [0.2, 0.25) is 0 Å². The van der Waals surface area contributed by atoms with Crippen LogP contribution in [0.3, 0.4) is 0 Å². The lowest BCUT2D eigenvalue weighted by atomic mass is 9.54. The standard InChI is InChI=1S/C20H22ClN3O.C10H7ClN2O2.C10H17N/c21-19-17(11-22-24(19)16-4-2-1-3-5-16)20(25)23-18-14-7-12-6-13(9-14)10-15(18)8-12;11-9-8(10(14)15)6-12-13(9)7-4-2-1-3-5-7;11-10-8-2-6-1-7(4-8)5-9(10)3-6/h1-5,11-15,18H,6-10H2,(H,23,25);1-6H,(H,14,15);6-10H,1-5,11H2. The van der Waals surface area contributed by atoms with Crippen molar-refractivity contribution in [3.05, 3.63) is 94.5 Å². The number of para-hydroxylation sites is 2. The van der Waals surface area contributed by atoms with Gasteiger partial charge in [0.25, 0.3) is 5.91 Å². The molecule has 0 radical (unpaired) electrons. The first-order chi connectivity index (χ1) is 24.7. The largest absolute Gasteiger partial charge is 0.478 e. The maximum Gasteiger partial charge on any atom is 0.340 e. The molecule has 2 heterocycles. The van der Waals surface area contributed by atoms with Gasteiger partial charge in [-0.2, -0.15) is 10.2 Å². The van der Waals surface area contributed by atoms with Crippen LogP contribution in [0.1, 0.15) is 84.9 Å². The topological polar surface area (TPSA) is 128 Å².